The van der Waals surface area contributed by atoms with Crippen LogP contribution in [0, 0.1) is 0 Å². The highest BCUT2D eigenvalue weighted by Gasteiger charge is 1.88. The molecule has 0 fully saturated rings. The first-order chi connectivity index (χ1) is 4.27. The fraction of sp³-hybridized carbons (Fsp3) is 0.833. The Kier molecular flexibility index (Phi) is 6.29. The average Bonchev–Trinajstić information content (AvgIpc) is 1.61. The smallest absolute Gasteiger partial charge is 0.317 e. The van der Waals surface area contributed by atoms with Crippen LogP contribution in [0.4, 0.5) is 0 Å². The van der Waals surface area contributed by atoms with Crippen molar-refractivity contribution in [3.05, 3.63) is 0 Å². The average molecular weight is 149 g/mol. The normalized spacial score (nSPS) is 9.70. The summed E-state index contributed by atoms with van der Waals surface area (Å²) in [5.74, 6) is -0.968. The Balaban J connectivity index is 0. The monoisotopic (exact) mass is 149 g/mol. The van der Waals surface area contributed by atoms with Crippen molar-refractivity contribution in [3.8, 4) is 0 Å². The first-order valence-corrected chi connectivity index (χ1v) is 2.98. The van der Waals surface area contributed by atoms with Crippen LogP contribution < -0.4 is 5.73 Å². The summed E-state index contributed by atoms with van der Waals surface area (Å²) in [5.41, 5.74) is 4.57. The molecule has 0 aliphatic heterocycles. The highest BCUT2D eigenvalue weighted by atomic mass is 16.4. The minimum Gasteiger partial charge on any atom is -0.480 e. The van der Waals surface area contributed by atoms with Gasteiger partial charge in [-0.25, -0.2) is 0 Å². The van der Waals surface area contributed by atoms with Gasteiger partial charge in [-0.05, 0) is 0 Å². The third kappa shape index (κ3) is 156. The SMILES string of the molecule is C[N+](C)(C)C.NCC(=O)O. The van der Waals surface area contributed by atoms with E-state index in [1.54, 1.807) is 0 Å². The van der Waals surface area contributed by atoms with E-state index in [0.29, 0.717) is 0 Å². The molecule has 4 nitrogen and oxygen atoms in total. The molecule has 0 aromatic rings. The summed E-state index contributed by atoms with van der Waals surface area (Å²) in [6.45, 7) is -0.278. The van der Waals surface area contributed by atoms with Crippen molar-refractivity contribution >= 4 is 5.97 Å². The number of hydrogen-bond acceptors (Lipinski definition) is 2. The van der Waals surface area contributed by atoms with Crippen LogP contribution in [0.15, 0.2) is 0 Å². The van der Waals surface area contributed by atoms with E-state index < -0.39 is 5.97 Å². The third-order valence-corrected chi connectivity index (χ3v) is 0.175. The van der Waals surface area contributed by atoms with Crippen molar-refractivity contribution < 1.29 is 14.4 Å². The van der Waals surface area contributed by atoms with Crippen LogP contribution in [0.25, 0.3) is 0 Å². The van der Waals surface area contributed by atoms with E-state index in [9.17, 15) is 4.79 Å². The summed E-state index contributed by atoms with van der Waals surface area (Å²) < 4.78 is 1.00. The minimum atomic E-state index is -0.968. The third-order valence-electron chi connectivity index (χ3n) is 0.175. The molecule has 10 heavy (non-hydrogen) atoms. The van der Waals surface area contributed by atoms with Crippen molar-refractivity contribution in [3.63, 3.8) is 0 Å². The van der Waals surface area contributed by atoms with Crippen LogP contribution in [0.3, 0.4) is 0 Å². The van der Waals surface area contributed by atoms with E-state index >= 15 is 0 Å². The highest BCUT2D eigenvalue weighted by Crippen LogP contribution is 1.73. The minimum absolute atomic E-state index is 0.278. The Labute approximate surface area is 61.8 Å². The molecule has 4 heteroatoms. The molecule has 0 aromatic heterocycles. The largest absolute Gasteiger partial charge is 0.480 e. The van der Waals surface area contributed by atoms with Crippen LogP contribution in [0.2, 0.25) is 0 Å². The fourth-order valence-corrected chi connectivity index (χ4v) is 0. The van der Waals surface area contributed by atoms with E-state index in [1.165, 1.54) is 0 Å². The zero-order valence-electron chi connectivity index (χ0n) is 7.09. The van der Waals surface area contributed by atoms with Crippen molar-refractivity contribution in [1.82, 2.24) is 0 Å². The predicted molar refractivity (Wildman–Crippen MR) is 40.6 cm³/mol. The Hall–Kier alpha value is -0.610. The molecule has 0 amide bonds. The van der Waals surface area contributed by atoms with Crippen molar-refractivity contribution in [1.29, 1.82) is 0 Å². The van der Waals surface area contributed by atoms with Gasteiger partial charge in [-0.3, -0.25) is 4.79 Å². The van der Waals surface area contributed by atoms with Crippen LogP contribution in [-0.2, 0) is 4.79 Å². The maximum absolute atomic E-state index is 9.24. The van der Waals surface area contributed by atoms with Gasteiger partial charge in [-0.1, -0.05) is 0 Å². The number of quaternary nitrogens is 1. The zero-order valence-corrected chi connectivity index (χ0v) is 7.09. The van der Waals surface area contributed by atoms with Gasteiger partial charge in [0.25, 0.3) is 0 Å². The second-order valence-corrected chi connectivity index (χ2v) is 3.28. The number of carboxylic acids is 1. The first-order valence-electron chi connectivity index (χ1n) is 2.98. The van der Waals surface area contributed by atoms with Gasteiger partial charge < -0.3 is 15.3 Å². The van der Waals surface area contributed by atoms with E-state index in [4.69, 9.17) is 5.11 Å². The van der Waals surface area contributed by atoms with E-state index in [0.717, 1.165) is 4.48 Å². The summed E-state index contributed by atoms with van der Waals surface area (Å²) in [5, 5.41) is 7.60. The van der Waals surface area contributed by atoms with Crippen molar-refractivity contribution in [2.45, 2.75) is 0 Å². The first kappa shape index (κ1) is 12.1. The molecule has 0 unspecified atom stereocenters. The number of nitrogens with zero attached hydrogens (tertiary/aromatic N) is 1. The Bertz CT molecular complexity index is 90.4. The second kappa shape index (κ2) is 5.20. The molecule has 0 aliphatic rings. The summed E-state index contributed by atoms with van der Waals surface area (Å²) >= 11 is 0. The van der Waals surface area contributed by atoms with E-state index in [1.807, 2.05) is 0 Å². The molecule has 0 aromatic carbocycles. The number of carbonyl (C=O) groups is 1. The van der Waals surface area contributed by atoms with Crippen molar-refractivity contribution in [2.75, 3.05) is 34.7 Å². The number of carboxylic acid groups (broad SMARTS) is 1. The zero-order chi connectivity index (χ0) is 8.78. The van der Waals surface area contributed by atoms with Gasteiger partial charge >= 0.3 is 5.97 Å². The molecule has 0 atom stereocenters. The Morgan fingerprint density at radius 2 is 1.50 bits per heavy atom. The molecule has 0 saturated carbocycles. The van der Waals surface area contributed by atoms with E-state index in [-0.39, 0.29) is 6.54 Å². The van der Waals surface area contributed by atoms with E-state index in [2.05, 4.69) is 33.9 Å². The number of rotatable bonds is 1. The Morgan fingerprint density at radius 3 is 1.50 bits per heavy atom. The number of nitrogens with two attached hydrogens (primary N) is 1. The highest BCUT2D eigenvalue weighted by molar-refractivity contribution is 5.68. The maximum atomic E-state index is 9.24. The van der Waals surface area contributed by atoms with Gasteiger partial charge in [0.1, 0.15) is 0 Å². The van der Waals surface area contributed by atoms with Crippen molar-refractivity contribution in [2.24, 2.45) is 5.73 Å². The topological polar surface area (TPSA) is 63.3 Å². The molecule has 0 spiro atoms. The lowest BCUT2D eigenvalue weighted by Crippen LogP contribution is -2.27. The summed E-state index contributed by atoms with van der Waals surface area (Å²) in [6.07, 6.45) is 0. The molecule has 62 valence electrons. The van der Waals surface area contributed by atoms with Crippen LogP contribution in [0.1, 0.15) is 0 Å². The number of aliphatic carboxylic acids is 1. The van der Waals surface area contributed by atoms with Crippen LogP contribution in [0.5, 0.6) is 0 Å². The molecular formula is C6H17N2O2+. The molecule has 0 aliphatic carbocycles. The molecule has 0 rings (SSSR count). The molecule has 0 heterocycles. The summed E-state index contributed by atoms with van der Waals surface area (Å²) in [4.78, 5) is 9.24. The maximum Gasteiger partial charge on any atom is 0.317 e. The van der Waals surface area contributed by atoms with Crippen LogP contribution >= 0.6 is 0 Å². The van der Waals surface area contributed by atoms with Gasteiger partial charge in [0.05, 0.1) is 34.7 Å². The molecular weight excluding hydrogens is 132 g/mol. The van der Waals surface area contributed by atoms with Gasteiger partial charge in [0, 0.05) is 0 Å². The molecule has 0 saturated heterocycles. The van der Waals surface area contributed by atoms with Crippen LogP contribution in [-0.4, -0.2) is 50.3 Å². The number of hydrogen-bond donors (Lipinski definition) is 2. The summed E-state index contributed by atoms with van der Waals surface area (Å²) in [6, 6.07) is 0. The Morgan fingerprint density at radius 1 is 1.40 bits per heavy atom. The van der Waals surface area contributed by atoms with Gasteiger partial charge in [-0.2, -0.15) is 0 Å². The summed E-state index contributed by atoms with van der Waals surface area (Å²) in [7, 11) is 8.50. The predicted octanol–water partition coefficient (Wildman–Crippen LogP) is -0.648. The second-order valence-electron chi connectivity index (χ2n) is 3.28. The quantitative estimate of drug-likeness (QED) is 0.487. The lowest BCUT2D eigenvalue weighted by molar-refractivity contribution is -0.849. The van der Waals surface area contributed by atoms with Gasteiger partial charge in [0.2, 0.25) is 0 Å². The van der Waals surface area contributed by atoms with Gasteiger partial charge in [0.15, 0.2) is 0 Å². The standard InChI is InChI=1S/C4H12N.C2H5NO2/c1-5(2,3)4;3-1-2(4)5/h1-4H3;1,3H2,(H,4,5)/q+1;. The van der Waals surface area contributed by atoms with Gasteiger partial charge in [-0.15, -0.1) is 0 Å². The molecule has 0 bridgehead atoms. The lowest BCUT2D eigenvalue weighted by Gasteiger charge is -2.14. The lowest BCUT2D eigenvalue weighted by atomic mass is 10.7. The molecule has 3 N–H and O–H groups in total. The molecule has 0 radical (unpaired) electrons. The fourth-order valence-electron chi connectivity index (χ4n) is 0.